The number of nitrogens with zero attached hydrogens (tertiary/aromatic N) is 4. The average Bonchev–Trinajstić information content (AvgIpc) is 2.73. The van der Waals surface area contributed by atoms with Gasteiger partial charge < -0.3 is 0 Å². The van der Waals surface area contributed by atoms with E-state index in [1.165, 1.54) is 12.5 Å². The first kappa shape index (κ1) is 13.2. The summed E-state index contributed by atoms with van der Waals surface area (Å²) in [6.07, 6.45) is 3.55. The Hall–Kier alpha value is -1.21. The fourth-order valence-corrected chi connectivity index (χ4v) is 2.12. The number of hydrogen-bond acceptors (Lipinski definition) is 5. The summed E-state index contributed by atoms with van der Waals surface area (Å²) in [6.45, 7) is 0. The van der Waals surface area contributed by atoms with Crippen molar-refractivity contribution in [3.05, 3.63) is 40.2 Å². The molecule has 0 aliphatic carbocycles. The van der Waals surface area contributed by atoms with E-state index in [1.807, 2.05) is 7.05 Å². The molecule has 8 heteroatoms. The molecule has 0 saturated heterocycles. The average molecular weight is 287 g/mol. The van der Waals surface area contributed by atoms with Crippen LogP contribution in [0.3, 0.4) is 0 Å². The van der Waals surface area contributed by atoms with Gasteiger partial charge in [0.15, 0.2) is 0 Å². The smallest absolute Gasteiger partial charge is 0.138 e. The fraction of sp³-hybridized carbons (Fsp3) is 0.300. The molecule has 1 atom stereocenters. The Labute approximate surface area is 114 Å². The van der Waals surface area contributed by atoms with Crippen molar-refractivity contribution < 1.29 is 0 Å². The molecule has 18 heavy (non-hydrogen) atoms. The predicted molar refractivity (Wildman–Crippen MR) is 69.0 cm³/mol. The lowest BCUT2D eigenvalue weighted by molar-refractivity contribution is 0.512. The molecule has 2 aromatic heterocycles. The first-order chi connectivity index (χ1) is 8.61. The van der Waals surface area contributed by atoms with Crippen LogP contribution in [-0.4, -0.2) is 19.7 Å². The molecule has 2 aromatic rings. The van der Waals surface area contributed by atoms with Gasteiger partial charge in [0.2, 0.25) is 0 Å². The molecule has 0 saturated carbocycles. The van der Waals surface area contributed by atoms with E-state index in [9.17, 15) is 0 Å². The van der Waals surface area contributed by atoms with E-state index in [-0.39, 0.29) is 6.04 Å². The van der Waals surface area contributed by atoms with E-state index in [1.54, 1.807) is 10.7 Å². The number of halogens is 2. The van der Waals surface area contributed by atoms with Crippen LogP contribution in [-0.2, 0) is 13.5 Å². The second kappa shape index (κ2) is 5.62. The Kier molecular flexibility index (Phi) is 4.13. The van der Waals surface area contributed by atoms with Gasteiger partial charge in [0.05, 0.1) is 21.8 Å². The number of nitrogens with one attached hydrogen (secondary N) is 1. The molecule has 0 amide bonds. The number of hydrazine groups is 1. The molecule has 6 nitrogen and oxygen atoms in total. The van der Waals surface area contributed by atoms with E-state index in [2.05, 4.69) is 20.5 Å². The van der Waals surface area contributed by atoms with Crippen molar-refractivity contribution in [2.24, 2.45) is 12.9 Å². The molecule has 1 unspecified atom stereocenters. The van der Waals surface area contributed by atoms with Gasteiger partial charge in [0.1, 0.15) is 12.2 Å². The van der Waals surface area contributed by atoms with Crippen LogP contribution < -0.4 is 11.3 Å². The Bertz CT molecular complexity index is 541. The molecule has 0 bridgehead atoms. The minimum Gasteiger partial charge on any atom is -0.271 e. The van der Waals surface area contributed by atoms with Crippen LogP contribution in [0.15, 0.2) is 18.6 Å². The molecular weight excluding hydrogens is 275 g/mol. The van der Waals surface area contributed by atoms with Crippen molar-refractivity contribution in [3.63, 3.8) is 0 Å². The topological polar surface area (TPSA) is 81.7 Å². The zero-order chi connectivity index (χ0) is 13.1. The largest absolute Gasteiger partial charge is 0.271 e. The lowest BCUT2D eigenvalue weighted by Crippen LogP contribution is -2.31. The van der Waals surface area contributed by atoms with Crippen molar-refractivity contribution in [2.75, 3.05) is 0 Å². The summed E-state index contributed by atoms with van der Waals surface area (Å²) in [5.74, 6) is 6.32. The number of nitrogens with two attached hydrogens (primary N) is 1. The number of aryl methyl sites for hydroxylation is 1. The van der Waals surface area contributed by atoms with Gasteiger partial charge in [-0.3, -0.25) is 20.9 Å². The standard InChI is InChI=1S/C10H12Cl2N6/c1-18-9(15-5-16-18)3-8(17-13)10-7(12)2-6(11)4-14-10/h2,4-5,8,17H,3,13H2,1H3. The van der Waals surface area contributed by atoms with Gasteiger partial charge in [-0.25, -0.2) is 4.98 Å². The van der Waals surface area contributed by atoms with E-state index >= 15 is 0 Å². The maximum Gasteiger partial charge on any atom is 0.138 e. The van der Waals surface area contributed by atoms with Crippen molar-refractivity contribution in [2.45, 2.75) is 12.5 Å². The number of rotatable bonds is 4. The summed E-state index contributed by atoms with van der Waals surface area (Å²) in [5.41, 5.74) is 3.30. The van der Waals surface area contributed by atoms with Gasteiger partial charge in [-0.1, -0.05) is 23.2 Å². The van der Waals surface area contributed by atoms with Crippen LogP contribution >= 0.6 is 23.2 Å². The highest BCUT2D eigenvalue weighted by atomic mass is 35.5. The Balaban J connectivity index is 2.26. The monoisotopic (exact) mass is 286 g/mol. The second-order valence-corrected chi connectivity index (χ2v) is 4.59. The summed E-state index contributed by atoms with van der Waals surface area (Å²) in [5, 5.41) is 4.95. The minimum absolute atomic E-state index is 0.252. The van der Waals surface area contributed by atoms with Gasteiger partial charge in [-0.05, 0) is 6.07 Å². The summed E-state index contributed by atoms with van der Waals surface area (Å²) in [7, 11) is 1.81. The second-order valence-electron chi connectivity index (χ2n) is 3.74. The molecule has 2 heterocycles. The molecule has 96 valence electrons. The molecule has 2 rings (SSSR count). The van der Waals surface area contributed by atoms with Crippen LogP contribution in [0.4, 0.5) is 0 Å². The summed E-state index contributed by atoms with van der Waals surface area (Å²) in [6, 6.07) is 1.38. The van der Waals surface area contributed by atoms with Crippen molar-refractivity contribution in [3.8, 4) is 0 Å². The van der Waals surface area contributed by atoms with Crippen molar-refractivity contribution in [1.29, 1.82) is 0 Å². The van der Waals surface area contributed by atoms with Crippen LogP contribution in [0.1, 0.15) is 17.6 Å². The normalized spacial score (nSPS) is 12.7. The van der Waals surface area contributed by atoms with Crippen LogP contribution in [0.5, 0.6) is 0 Å². The van der Waals surface area contributed by atoms with Crippen LogP contribution in [0.25, 0.3) is 0 Å². The van der Waals surface area contributed by atoms with Crippen LogP contribution in [0.2, 0.25) is 10.0 Å². The third kappa shape index (κ3) is 2.78. The zero-order valence-electron chi connectivity index (χ0n) is 9.64. The third-order valence-electron chi connectivity index (χ3n) is 2.56. The molecule has 0 fully saturated rings. The first-order valence-corrected chi connectivity index (χ1v) is 5.97. The molecule has 0 aromatic carbocycles. The number of pyridine rings is 1. The molecule has 0 aliphatic heterocycles. The predicted octanol–water partition coefficient (Wildman–Crippen LogP) is 1.26. The Morgan fingerprint density at radius 1 is 1.44 bits per heavy atom. The quantitative estimate of drug-likeness (QED) is 0.653. The van der Waals surface area contributed by atoms with E-state index in [4.69, 9.17) is 29.0 Å². The van der Waals surface area contributed by atoms with Gasteiger partial charge >= 0.3 is 0 Å². The van der Waals surface area contributed by atoms with E-state index < -0.39 is 0 Å². The lowest BCUT2D eigenvalue weighted by atomic mass is 10.1. The highest BCUT2D eigenvalue weighted by Gasteiger charge is 2.18. The lowest BCUT2D eigenvalue weighted by Gasteiger charge is -2.16. The van der Waals surface area contributed by atoms with E-state index in [0.717, 1.165) is 5.82 Å². The highest BCUT2D eigenvalue weighted by Crippen LogP contribution is 2.25. The van der Waals surface area contributed by atoms with Gasteiger partial charge in [-0.2, -0.15) is 5.10 Å². The van der Waals surface area contributed by atoms with Crippen molar-refractivity contribution >= 4 is 23.2 Å². The molecular formula is C10H12Cl2N6. The maximum atomic E-state index is 6.10. The maximum absolute atomic E-state index is 6.10. The Morgan fingerprint density at radius 3 is 2.78 bits per heavy atom. The van der Waals surface area contributed by atoms with Gasteiger partial charge in [0.25, 0.3) is 0 Å². The summed E-state index contributed by atoms with van der Waals surface area (Å²) in [4.78, 5) is 8.33. The molecule has 3 N–H and O–H groups in total. The number of hydrogen-bond donors (Lipinski definition) is 2. The third-order valence-corrected chi connectivity index (χ3v) is 3.07. The SMILES string of the molecule is Cn1ncnc1CC(NN)c1ncc(Cl)cc1Cl. The molecule has 0 radical (unpaired) electrons. The van der Waals surface area contributed by atoms with Crippen LogP contribution in [0, 0.1) is 0 Å². The zero-order valence-corrected chi connectivity index (χ0v) is 11.2. The summed E-state index contributed by atoms with van der Waals surface area (Å²) < 4.78 is 1.67. The number of aromatic nitrogens is 4. The first-order valence-electron chi connectivity index (χ1n) is 5.21. The van der Waals surface area contributed by atoms with Gasteiger partial charge in [0, 0.05) is 19.7 Å². The molecule has 0 spiro atoms. The molecule has 0 aliphatic rings. The fourth-order valence-electron chi connectivity index (χ4n) is 1.60. The van der Waals surface area contributed by atoms with Gasteiger partial charge in [-0.15, -0.1) is 0 Å². The Morgan fingerprint density at radius 2 is 2.22 bits per heavy atom. The summed E-state index contributed by atoms with van der Waals surface area (Å²) >= 11 is 11.9. The highest BCUT2D eigenvalue weighted by molar-refractivity contribution is 6.34. The minimum atomic E-state index is -0.252. The van der Waals surface area contributed by atoms with Crippen molar-refractivity contribution in [1.82, 2.24) is 25.2 Å². The van der Waals surface area contributed by atoms with E-state index in [0.29, 0.717) is 22.2 Å².